The molecule has 0 bridgehead atoms. The Balaban J connectivity index is 2.00. The second-order valence-corrected chi connectivity index (χ2v) is 4.95. The van der Waals surface area contributed by atoms with Crippen molar-refractivity contribution in [3.05, 3.63) is 12.0 Å². The first-order chi connectivity index (χ1) is 9.16. The van der Waals surface area contributed by atoms with Gasteiger partial charge in [-0.15, -0.1) is 5.11 Å². The summed E-state index contributed by atoms with van der Waals surface area (Å²) >= 11 is 0. The smallest absolute Gasteiger partial charge is 0.271 e. The molecule has 1 saturated carbocycles. The van der Waals surface area contributed by atoms with E-state index in [1.165, 1.54) is 25.6 Å². The minimum absolute atomic E-state index is 0.155. The number of rotatable bonds is 4. The summed E-state index contributed by atoms with van der Waals surface area (Å²) in [5.74, 6) is 0.166. The zero-order valence-electron chi connectivity index (χ0n) is 11.4. The molecule has 0 unspecified atom stereocenters. The molecule has 1 amide bonds. The van der Waals surface area contributed by atoms with Crippen molar-refractivity contribution in [2.75, 3.05) is 14.1 Å². The lowest BCUT2D eigenvalue weighted by atomic mass is 9.95. The summed E-state index contributed by atoms with van der Waals surface area (Å²) in [7, 11) is 3.52. The standard InChI is InChI=1S/C12H20N6O/c1-18(2)17-16-11-10(13-8-14-11)12(19)15-9-6-4-3-5-7-9/h8-9H,3-7H2,1-2H3,(H,13,14)(H,15,19)/b17-16-. The highest BCUT2D eigenvalue weighted by atomic mass is 16.2. The van der Waals surface area contributed by atoms with Gasteiger partial charge in [0.15, 0.2) is 5.69 Å². The summed E-state index contributed by atoms with van der Waals surface area (Å²) in [6, 6.07) is 0.267. The van der Waals surface area contributed by atoms with Crippen LogP contribution in [-0.4, -0.2) is 41.0 Å². The molecule has 0 atom stereocenters. The van der Waals surface area contributed by atoms with Gasteiger partial charge in [0.25, 0.3) is 5.91 Å². The molecule has 7 nitrogen and oxygen atoms in total. The number of carbonyl (C=O) groups is 1. The molecule has 2 N–H and O–H groups in total. The molecule has 1 aromatic heterocycles. The number of hydrogen-bond donors (Lipinski definition) is 2. The fourth-order valence-corrected chi connectivity index (χ4v) is 2.17. The quantitative estimate of drug-likeness (QED) is 0.644. The second-order valence-electron chi connectivity index (χ2n) is 4.95. The van der Waals surface area contributed by atoms with Gasteiger partial charge in [-0.2, -0.15) is 0 Å². The van der Waals surface area contributed by atoms with Gasteiger partial charge in [-0.3, -0.25) is 9.80 Å². The van der Waals surface area contributed by atoms with Gasteiger partial charge in [-0.25, -0.2) is 4.98 Å². The molecule has 7 heteroatoms. The van der Waals surface area contributed by atoms with Crippen LogP contribution in [0.4, 0.5) is 5.82 Å². The van der Waals surface area contributed by atoms with Crippen molar-refractivity contribution >= 4 is 11.7 Å². The molecule has 0 spiro atoms. The first kappa shape index (κ1) is 13.5. The minimum atomic E-state index is -0.155. The summed E-state index contributed by atoms with van der Waals surface area (Å²) in [5, 5.41) is 12.4. The lowest BCUT2D eigenvalue weighted by Crippen LogP contribution is -2.36. The zero-order chi connectivity index (χ0) is 13.7. The lowest BCUT2D eigenvalue weighted by molar-refractivity contribution is 0.0924. The van der Waals surface area contributed by atoms with Crippen molar-refractivity contribution in [2.45, 2.75) is 38.1 Å². The average molecular weight is 264 g/mol. The Hall–Kier alpha value is -1.92. The zero-order valence-corrected chi connectivity index (χ0v) is 11.4. The van der Waals surface area contributed by atoms with E-state index in [1.807, 2.05) is 0 Å². The first-order valence-electron chi connectivity index (χ1n) is 6.60. The number of hydrogen-bond acceptors (Lipinski definition) is 4. The molecule has 1 aliphatic carbocycles. The number of nitrogens with one attached hydrogen (secondary N) is 2. The van der Waals surface area contributed by atoms with Crippen molar-refractivity contribution in [1.29, 1.82) is 0 Å². The number of aromatic nitrogens is 2. The molecule has 1 heterocycles. The summed E-state index contributed by atoms with van der Waals surface area (Å²) in [6.07, 6.45) is 7.18. The maximum Gasteiger partial charge on any atom is 0.271 e. The number of amides is 1. The molecule has 1 fully saturated rings. The van der Waals surface area contributed by atoms with Gasteiger partial charge in [0.2, 0.25) is 5.82 Å². The Kier molecular flexibility index (Phi) is 4.48. The van der Waals surface area contributed by atoms with Crippen molar-refractivity contribution in [3.8, 4) is 0 Å². The van der Waals surface area contributed by atoms with Crippen LogP contribution in [0.25, 0.3) is 0 Å². The molecular formula is C12H20N6O. The molecule has 0 aliphatic heterocycles. The SMILES string of the molecule is CN(C)/N=N\c1nc[nH]c1C(=O)NC1CCCCC1. The molecule has 104 valence electrons. The van der Waals surface area contributed by atoms with Crippen molar-refractivity contribution in [2.24, 2.45) is 10.3 Å². The largest absolute Gasteiger partial charge is 0.348 e. The van der Waals surface area contributed by atoms with E-state index in [2.05, 4.69) is 25.6 Å². The molecule has 0 aromatic carbocycles. The Bertz CT molecular complexity index is 447. The van der Waals surface area contributed by atoms with Crippen molar-refractivity contribution in [1.82, 2.24) is 20.3 Å². The van der Waals surface area contributed by atoms with Crippen molar-refractivity contribution in [3.63, 3.8) is 0 Å². The van der Waals surface area contributed by atoms with Crippen molar-refractivity contribution < 1.29 is 4.79 Å². The molecule has 19 heavy (non-hydrogen) atoms. The van der Waals surface area contributed by atoms with Crippen LogP contribution in [0.2, 0.25) is 0 Å². The molecule has 1 aliphatic rings. The summed E-state index contributed by atoms with van der Waals surface area (Å²) in [5.41, 5.74) is 0.371. The van der Waals surface area contributed by atoms with Crippen LogP contribution in [0.3, 0.4) is 0 Å². The monoisotopic (exact) mass is 264 g/mol. The maximum absolute atomic E-state index is 12.1. The van der Waals surface area contributed by atoms with Crippen LogP contribution in [0, 0.1) is 0 Å². The van der Waals surface area contributed by atoms with Crippen LogP contribution in [0.15, 0.2) is 16.7 Å². The third kappa shape index (κ3) is 3.77. The molecule has 0 radical (unpaired) electrons. The van der Waals surface area contributed by atoms with E-state index in [0.29, 0.717) is 11.5 Å². The number of H-pyrrole nitrogens is 1. The van der Waals surface area contributed by atoms with Gasteiger partial charge in [0.1, 0.15) is 0 Å². The Labute approximate surface area is 112 Å². The van der Waals surface area contributed by atoms with E-state index < -0.39 is 0 Å². The van der Waals surface area contributed by atoms with E-state index in [4.69, 9.17) is 0 Å². The van der Waals surface area contributed by atoms with E-state index in [1.54, 1.807) is 19.1 Å². The lowest BCUT2D eigenvalue weighted by Gasteiger charge is -2.22. The number of imidazole rings is 1. The summed E-state index contributed by atoms with van der Waals surface area (Å²) in [4.78, 5) is 19.0. The number of aromatic amines is 1. The van der Waals surface area contributed by atoms with E-state index in [-0.39, 0.29) is 11.9 Å². The molecule has 2 rings (SSSR count). The van der Waals surface area contributed by atoms with E-state index in [9.17, 15) is 4.79 Å². The van der Waals surface area contributed by atoms with Gasteiger partial charge in [-0.05, 0) is 12.8 Å². The summed E-state index contributed by atoms with van der Waals surface area (Å²) in [6.45, 7) is 0. The second kappa shape index (κ2) is 6.31. The normalized spacial score (nSPS) is 16.7. The topological polar surface area (TPSA) is 85.7 Å². The Morgan fingerprint density at radius 1 is 1.42 bits per heavy atom. The fourth-order valence-electron chi connectivity index (χ4n) is 2.17. The van der Waals surface area contributed by atoms with Crippen LogP contribution >= 0.6 is 0 Å². The highest BCUT2D eigenvalue weighted by Gasteiger charge is 2.20. The number of nitrogens with zero attached hydrogens (tertiary/aromatic N) is 4. The van der Waals surface area contributed by atoms with Gasteiger partial charge >= 0.3 is 0 Å². The Morgan fingerprint density at radius 3 is 2.84 bits per heavy atom. The van der Waals surface area contributed by atoms with Gasteiger partial charge in [0.05, 0.1) is 6.33 Å². The first-order valence-corrected chi connectivity index (χ1v) is 6.60. The average Bonchev–Trinajstić information content (AvgIpc) is 2.86. The van der Waals surface area contributed by atoms with Crippen LogP contribution in [-0.2, 0) is 0 Å². The highest BCUT2D eigenvalue weighted by molar-refractivity contribution is 5.96. The van der Waals surface area contributed by atoms with Crippen LogP contribution < -0.4 is 5.32 Å². The van der Waals surface area contributed by atoms with Crippen LogP contribution in [0.5, 0.6) is 0 Å². The highest BCUT2D eigenvalue weighted by Crippen LogP contribution is 2.19. The minimum Gasteiger partial charge on any atom is -0.348 e. The van der Waals surface area contributed by atoms with Gasteiger partial charge < -0.3 is 10.3 Å². The molecular weight excluding hydrogens is 244 g/mol. The maximum atomic E-state index is 12.1. The number of carbonyl (C=O) groups excluding carboxylic acids is 1. The Morgan fingerprint density at radius 2 is 2.16 bits per heavy atom. The van der Waals surface area contributed by atoms with Gasteiger partial charge in [-0.1, -0.05) is 24.5 Å². The van der Waals surface area contributed by atoms with Crippen LogP contribution in [0.1, 0.15) is 42.6 Å². The summed E-state index contributed by atoms with van der Waals surface area (Å²) < 4.78 is 0. The predicted octanol–water partition coefficient (Wildman–Crippen LogP) is 2.03. The predicted molar refractivity (Wildman–Crippen MR) is 71.1 cm³/mol. The van der Waals surface area contributed by atoms with E-state index >= 15 is 0 Å². The fraction of sp³-hybridized carbons (Fsp3) is 0.667. The van der Waals surface area contributed by atoms with Gasteiger partial charge in [0, 0.05) is 20.1 Å². The third-order valence-electron chi connectivity index (χ3n) is 3.11. The third-order valence-corrected chi connectivity index (χ3v) is 3.11. The molecule has 1 aromatic rings. The molecule has 0 saturated heterocycles. The van der Waals surface area contributed by atoms with E-state index in [0.717, 1.165) is 12.8 Å².